The van der Waals surface area contributed by atoms with Crippen LogP contribution in [0.15, 0.2) is 0 Å². The molecule has 0 atom stereocenters. The Morgan fingerprint density at radius 2 is 1.40 bits per heavy atom. The van der Waals surface area contributed by atoms with E-state index in [0.29, 0.717) is 0 Å². The second kappa shape index (κ2) is 4.49. The molecule has 0 saturated carbocycles. The average molecular weight is 195 g/mol. The Balaban J connectivity index is 0. The number of hydrogen-bond donors (Lipinski definition) is 2. The summed E-state index contributed by atoms with van der Waals surface area (Å²) in [5, 5.41) is 0.000000000000000222. The molecule has 2 nitrogen and oxygen atoms in total. The first-order valence-electron chi connectivity index (χ1n) is 0.781. The maximum absolute atomic E-state index is 4.62. The molecule has 0 aliphatic carbocycles. The van der Waals surface area contributed by atoms with Gasteiger partial charge in [-0.25, -0.2) is 0 Å². The van der Waals surface area contributed by atoms with Crippen molar-refractivity contribution in [2.45, 2.75) is 0 Å². The van der Waals surface area contributed by atoms with Crippen LogP contribution in [-0.2, 0) is 0 Å². The van der Waals surface area contributed by atoms with Crippen molar-refractivity contribution < 1.29 is 0 Å². The summed E-state index contributed by atoms with van der Waals surface area (Å²) < 4.78 is 0. The number of hydrogen-bond acceptors (Lipinski definition) is 1. The largest absolute Gasteiger partial charge is 0.377 e. The van der Waals surface area contributed by atoms with Crippen molar-refractivity contribution in [3.8, 4) is 0 Å². The summed E-state index contributed by atoms with van der Waals surface area (Å²) in [7, 11) is 0. The minimum atomic E-state index is 0. The van der Waals surface area contributed by atoms with Gasteiger partial charge in [0, 0.05) is 23.9 Å². The van der Waals surface area contributed by atoms with Crippen LogP contribution in [0.25, 0.3) is 0 Å². The Morgan fingerprint density at radius 3 is 1.40 bits per heavy atom. The van der Waals surface area contributed by atoms with Crippen molar-refractivity contribution in [2.75, 3.05) is 0 Å². The topological polar surface area (TPSA) is 52.0 Å². The van der Waals surface area contributed by atoms with E-state index in [1.807, 2.05) is 0 Å². The van der Waals surface area contributed by atoms with Gasteiger partial charge < -0.3 is 11.5 Å². The van der Waals surface area contributed by atoms with Crippen molar-refractivity contribution >= 4 is 41.2 Å². The summed E-state index contributed by atoms with van der Waals surface area (Å²) in [6, 6.07) is 0. The zero-order valence-electron chi connectivity index (χ0n) is 2.56. The fourth-order valence-corrected chi connectivity index (χ4v) is 0. The number of rotatable bonds is 0. The zero-order chi connectivity index (χ0) is 3.58. The van der Waals surface area contributed by atoms with Crippen LogP contribution in [0.2, 0.25) is 0 Å². The van der Waals surface area contributed by atoms with Crippen molar-refractivity contribution in [1.82, 2.24) is 0 Å². The molecule has 4 N–H and O–H groups in total. The predicted molar refractivity (Wildman–Crippen MR) is 26.7 cm³/mol. The van der Waals surface area contributed by atoms with Gasteiger partial charge in [-0.2, -0.15) is 0 Å². The van der Waals surface area contributed by atoms with Crippen molar-refractivity contribution in [3.05, 3.63) is 0 Å². The van der Waals surface area contributed by atoms with Gasteiger partial charge in [-0.1, -0.05) is 0 Å². The Morgan fingerprint density at radius 1 is 1.40 bits per heavy atom. The molecular formula is CH4N2SSn. The van der Waals surface area contributed by atoms with Gasteiger partial charge in [0.15, 0.2) is 5.11 Å². The van der Waals surface area contributed by atoms with Crippen LogP contribution in [0.5, 0.6) is 0 Å². The first-order valence-corrected chi connectivity index (χ1v) is 1.19. The summed E-state index contributed by atoms with van der Waals surface area (Å²) in [4.78, 5) is 0. The van der Waals surface area contributed by atoms with Crippen LogP contribution in [0, 0.1) is 0 Å². The van der Waals surface area contributed by atoms with Gasteiger partial charge in [0.2, 0.25) is 0 Å². The molecule has 0 aromatic heterocycles. The van der Waals surface area contributed by atoms with Gasteiger partial charge in [-0.3, -0.25) is 0 Å². The number of thiocarbonyl (C=S) groups is 1. The normalized spacial score (nSPS) is 4.80. The molecule has 0 aromatic rings. The summed E-state index contributed by atoms with van der Waals surface area (Å²) in [6.45, 7) is 0. The first-order chi connectivity index (χ1) is 1.73. The molecule has 0 spiro atoms. The molecule has 0 fully saturated rings. The molecule has 0 rings (SSSR count). The van der Waals surface area contributed by atoms with Crippen LogP contribution in [0.1, 0.15) is 0 Å². The standard InChI is InChI=1S/CH4N2S.Sn/c2-1(3)4;/h(H4,2,3,4);. The summed E-state index contributed by atoms with van der Waals surface area (Å²) in [6.07, 6.45) is 0. The Kier molecular flexibility index (Phi) is 8.16. The summed E-state index contributed by atoms with van der Waals surface area (Å²) in [5.41, 5.74) is 9.24. The summed E-state index contributed by atoms with van der Waals surface area (Å²) >= 11 is 4.09. The van der Waals surface area contributed by atoms with E-state index in [4.69, 9.17) is 0 Å². The smallest absolute Gasteiger partial charge is 0.160 e. The van der Waals surface area contributed by atoms with Crippen LogP contribution in [-0.4, -0.2) is 29.0 Å². The van der Waals surface area contributed by atoms with E-state index in [2.05, 4.69) is 23.7 Å². The molecule has 0 aliphatic heterocycles. The fraction of sp³-hybridized carbons (Fsp3) is 0. The first kappa shape index (κ1) is 9.09. The van der Waals surface area contributed by atoms with Crippen LogP contribution in [0.3, 0.4) is 0 Å². The van der Waals surface area contributed by atoms with Crippen molar-refractivity contribution in [3.63, 3.8) is 0 Å². The maximum atomic E-state index is 4.62. The maximum Gasteiger partial charge on any atom is 0.160 e. The van der Waals surface area contributed by atoms with E-state index in [1.165, 1.54) is 0 Å². The molecule has 4 radical (unpaired) electrons. The zero-order valence-corrected chi connectivity index (χ0v) is 6.23. The van der Waals surface area contributed by atoms with Crippen molar-refractivity contribution in [2.24, 2.45) is 11.5 Å². The molecule has 28 valence electrons. The van der Waals surface area contributed by atoms with Crippen LogP contribution >= 0.6 is 12.2 Å². The van der Waals surface area contributed by atoms with E-state index in [1.54, 1.807) is 0 Å². The minimum absolute atomic E-state index is 0. The average Bonchev–Trinajstić information content (AvgIpc) is 0.811. The van der Waals surface area contributed by atoms with Gasteiger partial charge in [0.1, 0.15) is 0 Å². The Bertz CT molecular complexity index is 32.6. The third-order valence-electron chi connectivity index (χ3n) is 0. The van der Waals surface area contributed by atoms with Gasteiger partial charge in [-0.05, 0) is 12.2 Å². The van der Waals surface area contributed by atoms with Gasteiger partial charge >= 0.3 is 0 Å². The fourth-order valence-electron chi connectivity index (χ4n) is 0. The van der Waals surface area contributed by atoms with E-state index in [0.717, 1.165) is 0 Å². The predicted octanol–water partition coefficient (Wildman–Crippen LogP) is -1.19. The van der Waals surface area contributed by atoms with Gasteiger partial charge in [-0.15, -0.1) is 0 Å². The quantitative estimate of drug-likeness (QED) is 0.377. The Hall–Kier alpha value is 0.489. The SMILES string of the molecule is NC(N)=S.[Sn]. The third kappa shape index (κ3) is 116. The second-order valence-corrected chi connectivity index (χ2v) is 0.874. The third-order valence-corrected chi connectivity index (χ3v) is 0. The number of nitrogens with two attached hydrogens (primary N) is 2. The monoisotopic (exact) mass is 196 g/mol. The molecule has 0 heterocycles. The molecule has 0 bridgehead atoms. The van der Waals surface area contributed by atoms with Gasteiger partial charge in [0.25, 0.3) is 0 Å². The molecule has 0 aromatic carbocycles. The van der Waals surface area contributed by atoms with E-state index in [9.17, 15) is 0 Å². The van der Waals surface area contributed by atoms with Crippen LogP contribution in [0.4, 0.5) is 0 Å². The molecule has 5 heavy (non-hydrogen) atoms. The van der Waals surface area contributed by atoms with Crippen molar-refractivity contribution in [1.29, 1.82) is 0 Å². The molecule has 4 heteroatoms. The second-order valence-electron chi connectivity index (χ2n) is 0.402. The minimum Gasteiger partial charge on any atom is -0.377 e. The van der Waals surface area contributed by atoms with E-state index >= 15 is 0 Å². The van der Waals surface area contributed by atoms with Crippen LogP contribution < -0.4 is 11.5 Å². The van der Waals surface area contributed by atoms with E-state index < -0.39 is 0 Å². The molecule has 0 saturated heterocycles. The van der Waals surface area contributed by atoms with Gasteiger partial charge in [0.05, 0.1) is 0 Å². The molecule has 0 aliphatic rings. The molecule has 0 unspecified atom stereocenters. The van der Waals surface area contributed by atoms with E-state index in [-0.39, 0.29) is 29.0 Å². The molecule has 0 amide bonds. The summed E-state index contributed by atoms with van der Waals surface area (Å²) in [5.74, 6) is 0. The molecular weight excluding hydrogens is 191 g/mol. The Labute approximate surface area is 52.9 Å².